The van der Waals surface area contributed by atoms with Crippen molar-refractivity contribution in [3.05, 3.63) is 83.2 Å². The highest BCUT2D eigenvalue weighted by atomic mass is 35.5. The van der Waals surface area contributed by atoms with E-state index in [-0.39, 0.29) is 34.1 Å². The largest absolute Gasteiger partial charge is 0.453 e. The Morgan fingerprint density at radius 3 is 2.39 bits per heavy atom. The van der Waals surface area contributed by atoms with Gasteiger partial charge in [0.05, 0.1) is 0 Å². The molecule has 0 radical (unpaired) electrons. The Kier molecular flexibility index (Phi) is 8.98. The minimum Gasteiger partial charge on any atom is -0.453 e. The Bertz CT molecular complexity index is 1380. The first-order valence-corrected chi connectivity index (χ1v) is 11.6. The summed E-state index contributed by atoms with van der Waals surface area (Å²) in [5.41, 5.74) is 5.52. The van der Waals surface area contributed by atoms with E-state index < -0.39 is 29.0 Å². The fourth-order valence-electron chi connectivity index (χ4n) is 3.12. The number of nitrogens with one attached hydrogen (secondary N) is 1. The molecule has 0 bridgehead atoms. The van der Waals surface area contributed by atoms with Crippen molar-refractivity contribution in [1.82, 2.24) is 9.88 Å². The molecule has 0 atom stereocenters. The Hall–Kier alpha value is -4.51. The van der Waals surface area contributed by atoms with Crippen LogP contribution in [-0.2, 0) is 14.4 Å². The number of amides is 3. The zero-order chi connectivity index (χ0) is 28.0. The SMILES string of the molecule is CC(C)N(C=O)/C=C(/C(=O)Nc1ccc(Oc2ccnc(N)c2Cl)c(F)c1)C(=O)N(C)c1ccc(F)cc1. The molecule has 3 amide bonds. The monoisotopic (exact) mass is 543 g/mol. The second kappa shape index (κ2) is 12.2. The molecule has 0 unspecified atom stereocenters. The molecule has 0 saturated heterocycles. The number of nitrogens with two attached hydrogens (primary N) is 1. The number of rotatable bonds is 9. The van der Waals surface area contributed by atoms with E-state index in [0.717, 1.165) is 34.2 Å². The number of hydrogen-bond donors (Lipinski definition) is 2. The maximum Gasteiger partial charge on any atom is 0.265 e. The number of ether oxygens (including phenoxy) is 1. The lowest BCUT2D eigenvalue weighted by molar-refractivity contribution is -0.119. The van der Waals surface area contributed by atoms with E-state index in [1.807, 2.05) is 0 Å². The van der Waals surface area contributed by atoms with Gasteiger partial charge in [0.15, 0.2) is 17.3 Å². The highest BCUT2D eigenvalue weighted by Gasteiger charge is 2.25. The number of carbonyl (C=O) groups is 3. The first-order valence-electron chi connectivity index (χ1n) is 11.2. The van der Waals surface area contributed by atoms with E-state index >= 15 is 0 Å². The lowest BCUT2D eigenvalue weighted by atomic mass is 10.1. The summed E-state index contributed by atoms with van der Waals surface area (Å²) in [4.78, 5) is 44.0. The summed E-state index contributed by atoms with van der Waals surface area (Å²) >= 11 is 6.03. The molecule has 9 nitrogen and oxygen atoms in total. The Balaban J connectivity index is 1.88. The third kappa shape index (κ3) is 6.62. The van der Waals surface area contributed by atoms with E-state index in [9.17, 15) is 23.2 Å². The number of hydrogen-bond acceptors (Lipinski definition) is 6. The van der Waals surface area contributed by atoms with Gasteiger partial charge in [-0.15, -0.1) is 0 Å². The average molecular weight is 544 g/mol. The molecule has 0 aliphatic carbocycles. The number of pyridine rings is 1. The summed E-state index contributed by atoms with van der Waals surface area (Å²) in [5.74, 6) is -3.15. The predicted octanol–water partition coefficient (Wildman–Crippen LogP) is 4.74. The number of halogens is 3. The molecule has 1 heterocycles. The van der Waals surface area contributed by atoms with Gasteiger partial charge in [-0.25, -0.2) is 13.8 Å². The molecule has 198 valence electrons. The first-order chi connectivity index (χ1) is 18.0. The van der Waals surface area contributed by atoms with Gasteiger partial charge < -0.3 is 25.6 Å². The highest BCUT2D eigenvalue weighted by Crippen LogP contribution is 2.34. The molecule has 2 aromatic carbocycles. The van der Waals surface area contributed by atoms with Crippen molar-refractivity contribution in [3.63, 3.8) is 0 Å². The minimum atomic E-state index is -0.908. The summed E-state index contributed by atoms with van der Waals surface area (Å²) < 4.78 is 33.6. The van der Waals surface area contributed by atoms with Gasteiger partial charge in [-0.05, 0) is 50.2 Å². The first kappa shape index (κ1) is 28.1. The number of nitrogens with zero attached hydrogens (tertiary/aromatic N) is 3. The second-order valence-corrected chi connectivity index (χ2v) is 8.62. The van der Waals surface area contributed by atoms with E-state index in [1.54, 1.807) is 13.8 Å². The molecule has 1 aromatic heterocycles. The molecule has 12 heteroatoms. The standard InChI is InChI=1S/C26H24ClF2N5O4/c1-15(2)34(14-35)13-19(26(37)33(3)18-7-4-16(28)5-8-18)25(36)32-17-6-9-21(20(29)12-17)38-22-10-11-31-24(30)23(22)27/h4-15H,1-3H3,(H2,30,31)(H,32,36)/b19-13-. The van der Waals surface area contributed by atoms with Crippen molar-refractivity contribution < 1.29 is 27.9 Å². The van der Waals surface area contributed by atoms with Gasteiger partial charge in [0, 0.05) is 49.0 Å². The van der Waals surface area contributed by atoms with Crippen LogP contribution < -0.4 is 20.7 Å². The van der Waals surface area contributed by atoms with Crippen molar-refractivity contribution in [2.24, 2.45) is 0 Å². The van der Waals surface area contributed by atoms with Crippen LogP contribution in [0, 0.1) is 11.6 Å². The number of nitrogen functional groups attached to an aromatic ring is 1. The summed E-state index contributed by atoms with van der Waals surface area (Å²) in [6.07, 6.45) is 2.90. The molecule has 0 spiro atoms. The number of anilines is 3. The van der Waals surface area contributed by atoms with Crippen molar-refractivity contribution in [1.29, 1.82) is 0 Å². The number of aromatic nitrogens is 1. The topological polar surface area (TPSA) is 118 Å². The summed E-state index contributed by atoms with van der Waals surface area (Å²) in [5, 5.41) is 2.46. The third-order valence-corrected chi connectivity index (χ3v) is 5.66. The maximum absolute atomic E-state index is 14.8. The lowest BCUT2D eigenvalue weighted by Crippen LogP contribution is -2.35. The van der Waals surface area contributed by atoms with Crippen LogP contribution in [0.4, 0.5) is 26.0 Å². The Morgan fingerprint density at radius 1 is 1.11 bits per heavy atom. The number of benzene rings is 2. The van der Waals surface area contributed by atoms with Crippen LogP contribution in [0.3, 0.4) is 0 Å². The summed E-state index contributed by atoms with van der Waals surface area (Å²) in [7, 11) is 1.39. The molecule has 0 aliphatic rings. The van der Waals surface area contributed by atoms with Crippen molar-refractivity contribution >= 4 is 47.0 Å². The molecule has 0 saturated carbocycles. The van der Waals surface area contributed by atoms with Gasteiger partial charge in [-0.1, -0.05) is 11.6 Å². The zero-order valence-corrected chi connectivity index (χ0v) is 21.4. The molecular weight excluding hydrogens is 520 g/mol. The van der Waals surface area contributed by atoms with E-state index in [1.165, 1.54) is 43.6 Å². The Labute approximate surface area is 222 Å². The molecule has 3 N–H and O–H groups in total. The van der Waals surface area contributed by atoms with Gasteiger partial charge in [-0.2, -0.15) is 0 Å². The normalized spacial score (nSPS) is 11.2. The van der Waals surface area contributed by atoms with Crippen LogP contribution in [0.2, 0.25) is 5.02 Å². The highest BCUT2D eigenvalue weighted by molar-refractivity contribution is 6.34. The summed E-state index contributed by atoms with van der Waals surface area (Å²) in [6, 6.07) is 9.66. The van der Waals surface area contributed by atoms with Crippen LogP contribution in [0.25, 0.3) is 0 Å². The van der Waals surface area contributed by atoms with E-state index in [4.69, 9.17) is 22.1 Å². The number of carbonyl (C=O) groups excluding carboxylic acids is 3. The maximum atomic E-state index is 14.8. The van der Waals surface area contributed by atoms with Gasteiger partial charge in [0.1, 0.15) is 22.2 Å². The minimum absolute atomic E-state index is 0.00512. The number of likely N-dealkylation sites (N-methyl/N-ethyl adjacent to an activating group) is 1. The second-order valence-electron chi connectivity index (χ2n) is 8.24. The molecule has 3 rings (SSSR count). The van der Waals surface area contributed by atoms with Crippen molar-refractivity contribution in [2.45, 2.75) is 19.9 Å². The van der Waals surface area contributed by atoms with Crippen LogP contribution in [0.1, 0.15) is 13.8 Å². The lowest BCUT2D eigenvalue weighted by Gasteiger charge is -2.22. The van der Waals surface area contributed by atoms with Crippen molar-refractivity contribution in [2.75, 3.05) is 23.0 Å². The third-order valence-electron chi connectivity index (χ3n) is 5.28. The van der Waals surface area contributed by atoms with Crippen LogP contribution in [0.5, 0.6) is 11.5 Å². The molecule has 0 aliphatic heterocycles. The van der Waals surface area contributed by atoms with E-state index in [0.29, 0.717) is 12.1 Å². The van der Waals surface area contributed by atoms with Gasteiger partial charge in [0.2, 0.25) is 6.41 Å². The van der Waals surface area contributed by atoms with Crippen LogP contribution in [0.15, 0.2) is 66.5 Å². The molecule has 38 heavy (non-hydrogen) atoms. The zero-order valence-electron chi connectivity index (χ0n) is 20.6. The van der Waals surface area contributed by atoms with Gasteiger partial charge >= 0.3 is 0 Å². The summed E-state index contributed by atoms with van der Waals surface area (Å²) in [6.45, 7) is 3.37. The van der Waals surface area contributed by atoms with E-state index in [2.05, 4.69) is 10.3 Å². The fourth-order valence-corrected chi connectivity index (χ4v) is 3.27. The van der Waals surface area contributed by atoms with Crippen molar-refractivity contribution in [3.8, 4) is 11.5 Å². The molecule has 0 fully saturated rings. The Morgan fingerprint density at radius 2 is 1.79 bits per heavy atom. The van der Waals surface area contributed by atoms with Gasteiger partial charge in [0.25, 0.3) is 11.8 Å². The fraction of sp³-hybridized carbons (Fsp3) is 0.154. The molecular formula is C26H24ClF2N5O4. The smallest absolute Gasteiger partial charge is 0.265 e. The average Bonchev–Trinajstić information content (AvgIpc) is 2.88. The van der Waals surface area contributed by atoms with Crippen LogP contribution in [-0.4, -0.2) is 41.2 Å². The predicted molar refractivity (Wildman–Crippen MR) is 140 cm³/mol. The van der Waals surface area contributed by atoms with Crippen LogP contribution >= 0.6 is 11.6 Å². The van der Waals surface area contributed by atoms with Gasteiger partial charge in [-0.3, -0.25) is 14.4 Å². The molecule has 3 aromatic rings. The quantitative estimate of drug-likeness (QED) is 0.174.